The molecule has 2 aromatic heterocycles. The zero-order chi connectivity index (χ0) is 19.9. The van der Waals surface area contributed by atoms with E-state index < -0.39 is 17.3 Å². The van der Waals surface area contributed by atoms with Crippen LogP contribution in [-0.2, 0) is 10.9 Å². The molecule has 146 valence electrons. The van der Waals surface area contributed by atoms with Gasteiger partial charge >= 0.3 is 6.18 Å². The number of ether oxygens (including phenoxy) is 1. The summed E-state index contributed by atoms with van der Waals surface area (Å²) in [4.78, 5) is 29.1. The fourth-order valence-corrected chi connectivity index (χ4v) is 3.19. The summed E-state index contributed by atoms with van der Waals surface area (Å²) in [7, 11) is 0. The minimum atomic E-state index is -4.60. The number of hydrogen-bond donors (Lipinski definition) is 2. The number of morpholine rings is 1. The smallest absolute Gasteiger partial charge is 0.378 e. The number of halogens is 3. The second-order valence-electron chi connectivity index (χ2n) is 6.39. The Labute approximate surface area is 156 Å². The number of H-pyrrole nitrogens is 2. The Hall–Kier alpha value is -3.14. The molecule has 10 heteroatoms. The molecule has 1 amide bonds. The van der Waals surface area contributed by atoms with E-state index in [0.29, 0.717) is 31.7 Å². The van der Waals surface area contributed by atoms with Crippen LogP contribution in [0, 0.1) is 0 Å². The summed E-state index contributed by atoms with van der Waals surface area (Å²) < 4.78 is 45.0. The van der Waals surface area contributed by atoms with Crippen LogP contribution >= 0.6 is 0 Å². The number of carbonyl (C=O) groups is 1. The normalized spacial score (nSPS) is 15.2. The molecular weight excluding hydrogens is 377 g/mol. The molecule has 0 spiro atoms. The number of nitrogens with zero attached hydrogens (tertiary/aromatic N) is 2. The van der Waals surface area contributed by atoms with E-state index in [1.165, 1.54) is 18.5 Å². The molecule has 1 aliphatic heterocycles. The molecule has 3 heterocycles. The highest BCUT2D eigenvalue weighted by atomic mass is 19.4. The number of rotatable bonds is 2. The number of benzene rings is 1. The molecule has 3 aromatic rings. The molecule has 0 unspecified atom stereocenters. The van der Waals surface area contributed by atoms with Gasteiger partial charge < -0.3 is 14.6 Å². The van der Waals surface area contributed by atoms with Crippen molar-refractivity contribution in [1.82, 2.24) is 20.1 Å². The van der Waals surface area contributed by atoms with E-state index in [9.17, 15) is 22.8 Å². The van der Waals surface area contributed by atoms with Crippen LogP contribution < -0.4 is 5.56 Å². The summed E-state index contributed by atoms with van der Waals surface area (Å²) in [6.07, 6.45) is -1.98. The Bertz CT molecular complexity index is 1100. The largest absolute Gasteiger partial charge is 0.416 e. The molecule has 1 fully saturated rings. The quantitative estimate of drug-likeness (QED) is 0.701. The fraction of sp³-hybridized carbons (Fsp3) is 0.278. The van der Waals surface area contributed by atoms with Crippen molar-refractivity contribution in [2.75, 3.05) is 26.3 Å². The average molecular weight is 392 g/mol. The lowest BCUT2D eigenvalue weighted by molar-refractivity contribution is -0.137. The van der Waals surface area contributed by atoms with E-state index in [4.69, 9.17) is 4.74 Å². The molecule has 0 bridgehead atoms. The Balaban J connectivity index is 1.84. The van der Waals surface area contributed by atoms with Crippen molar-refractivity contribution in [2.24, 2.45) is 0 Å². The van der Waals surface area contributed by atoms with Crippen molar-refractivity contribution in [2.45, 2.75) is 6.18 Å². The van der Waals surface area contributed by atoms with Gasteiger partial charge in [0.15, 0.2) is 0 Å². The van der Waals surface area contributed by atoms with Crippen LogP contribution in [0.4, 0.5) is 13.2 Å². The lowest BCUT2D eigenvalue weighted by Crippen LogP contribution is -2.40. The van der Waals surface area contributed by atoms with E-state index in [-0.39, 0.29) is 28.1 Å². The first-order chi connectivity index (χ1) is 13.3. The van der Waals surface area contributed by atoms with Crippen LogP contribution in [-0.4, -0.2) is 52.3 Å². The highest BCUT2D eigenvalue weighted by Crippen LogP contribution is 2.35. The summed E-state index contributed by atoms with van der Waals surface area (Å²) in [6.45, 7) is 1.63. The van der Waals surface area contributed by atoms with Crippen LogP contribution in [0.5, 0.6) is 0 Å². The Morgan fingerprint density at radius 3 is 2.61 bits per heavy atom. The molecule has 4 rings (SSSR count). The lowest BCUT2D eigenvalue weighted by atomic mass is 9.98. The van der Waals surface area contributed by atoms with E-state index >= 15 is 0 Å². The number of aromatic nitrogens is 3. The van der Waals surface area contributed by atoms with Gasteiger partial charge in [0.2, 0.25) is 0 Å². The highest BCUT2D eigenvalue weighted by Gasteiger charge is 2.32. The highest BCUT2D eigenvalue weighted by molar-refractivity contribution is 5.98. The van der Waals surface area contributed by atoms with Crippen LogP contribution in [0.2, 0.25) is 0 Å². The standard InChI is InChI=1S/C18H15F3N4O3/c19-18(20,21)11-6-12(14-9-23-24-15(14)7-11)13-5-10(8-22-16(13)26)17(27)25-1-3-28-4-2-25/h5-9H,1-4H2,(H,22,26)(H,23,24). The minimum absolute atomic E-state index is 0.0309. The molecule has 0 saturated carbocycles. The fourth-order valence-electron chi connectivity index (χ4n) is 3.19. The Morgan fingerprint density at radius 2 is 1.89 bits per heavy atom. The number of amides is 1. The van der Waals surface area contributed by atoms with E-state index in [1.807, 2.05) is 0 Å². The second-order valence-corrected chi connectivity index (χ2v) is 6.39. The van der Waals surface area contributed by atoms with Gasteiger partial charge in [-0.05, 0) is 23.8 Å². The van der Waals surface area contributed by atoms with Crippen molar-refractivity contribution >= 4 is 16.8 Å². The SMILES string of the molecule is O=C(c1c[nH]c(=O)c(-c2cc(C(F)(F)F)cc3[nH]ncc23)c1)N1CCOCC1. The van der Waals surface area contributed by atoms with Gasteiger partial charge in [-0.2, -0.15) is 18.3 Å². The van der Waals surface area contributed by atoms with Crippen molar-refractivity contribution in [3.05, 3.63) is 52.1 Å². The Kier molecular flexibility index (Phi) is 4.42. The molecular formula is C18H15F3N4O3. The summed E-state index contributed by atoms with van der Waals surface area (Å²) in [6, 6.07) is 3.15. The van der Waals surface area contributed by atoms with E-state index in [2.05, 4.69) is 15.2 Å². The molecule has 0 radical (unpaired) electrons. The van der Waals surface area contributed by atoms with Crippen LogP contribution in [0.3, 0.4) is 0 Å². The molecule has 1 aliphatic rings. The summed E-state index contributed by atoms with van der Waals surface area (Å²) in [5.74, 6) is -0.323. The summed E-state index contributed by atoms with van der Waals surface area (Å²) in [5.41, 5.74) is -1.16. The van der Waals surface area contributed by atoms with Gasteiger partial charge in [-0.25, -0.2) is 0 Å². The van der Waals surface area contributed by atoms with Gasteiger partial charge in [0.05, 0.1) is 36.1 Å². The Morgan fingerprint density at radius 1 is 1.14 bits per heavy atom. The molecule has 28 heavy (non-hydrogen) atoms. The van der Waals surface area contributed by atoms with Gasteiger partial charge in [-0.1, -0.05) is 0 Å². The first-order valence-corrected chi connectivity index (χ1v) is 8.49. The zero-order valence-electron chi connectivity index (χ0n) is 14.5. The average Bonchev–Trinajstić information content (AvgIpc) is 3.16. The predicted octanol–water partition coefficient (Wildman–Crippen LogP) is 2.41. The number of nitrogens with one attached hydrogen (secondary N) is 2. The van der Waals surface area contributed by atoms with Crippen molar-refractivity contribution in [1.29, 1.82) is 0 Å². The van der Waals surface area contributed by atoms with Gasteiger partial charge in [-0.3, -0.25) is 14.7 Å². The summed E-state index contributed by atoms with van der Waals surface area (Å²) in [5, 5.41) is 6.63. The third-order valence-corrected chi connectivity index (χ3v) is 4.62. The number of carbonyl (C=O) groups excluding carboxylic acids is 1. The molecule has 1 saturated heterocycles. The van der Waals surface area contributed by atoms with Gasteiger partial charge in [0.25, 0.3) is 11.5 Å². The van der Waals surface area contributed by atoms with Crippen LogP contribution in [0.25, 0.3) is 22.0 Å². The molecule has 1 aromatic carbocycles. The van der Waals surface area contributed by atoms with Crippen molar-refractivity contribution in [3.8, 4) is 11.1 Å². The maximum absolute atomic E-state index is 13.3. The number of alkyl halides is 3. The molecule has 7 nitrogen and oxygen atoms in total. The van der Waals surface area contributed by atoms with E-state index in [0.717, 1.165) is 12.1 Å². The number of pyridine rings is 1. The lowest BCUT2D eigenvalue weighted by Gasteiger charge is -2.26. The number of aromatic amines is 2. The molecule has 0 aliphatic carbocycles. The number of hydrogen-bond acceptors (Lipinski definition) is 4. The predicted molar refractivity (Wildman–Crippen MR) is 93.9 cm³/mol. The summed E-state index contributed by atoms with van der Waals surface area (Å²) >= 11 is 0. The second kappa shape index (κ2) is 6.79. The van der Waals surface area contributed by atoms with Gasteiger partial charge in [0, 0.05) is 30.2 Å². The topological polar surface area (TPSA) is 91.1 Å². The number of fused-ring (bicyclic) bond motifs is 1. The third kappa shape index (κ3) is 3.26. The molecule has 0 atom stereocenters. The minimum Gasteiger partial charge on any atom is -0.378 e. The molecule has 2 N–H and O–H groups in total. The maximum atomic E-state index is 13.3. The zero-order valence-corrected chi connectivity index (χ0v) is 14.5. The van der Waals surface area contributed by atoms with Gasteiger partial charge in [0.1, 0.15) is 0 Å². The van der Waals surface area contributed by atoms with Gasteiger partial charge in [-0.15, -0.1) is 0 Å². The first-order valence-electron chi connectivity index (χ1n) is 8.49. The van der Waals surface area contributed by atoms with E-state index in [1.54, 1.807) is 4.90 Å². The van der Waals surface area contributed by atoms with Crippen LogP contribution in [0.1, 0.15) is 15.9 Å². The maximum Gasteiger partial charge on any atom is 0.416 e. The third-order valence-electron chi connectivity index (χ3n) is 4.62. The van der Waals surface area contributed by atoms with Crippen LogP contribution in [0.15, 0.2) is 35.4 Å². The van der Waals surface area contributed by atoms with Crippen molar-refractivity contribution < 1.29 is 22.7 Å². The van der Waals surface area contributed by atoms with Crippen molar-refractivity contribution in [3.63, 3.8) is 0 Å². The monoisotopic (exact) mass is 392 g/mol. The first kappa shape index (κ1) is 18.2.